The molecule has 3 unspecified atom stereocenters. The van der Waals surface area contributed by atoms with Crippen LogP contribution in [0.1, 0.15) is 72.9 Å². The van der Waals surface area contributed by atoms with Gasteiger partial charge in [-0.2, -0.15) is 0 Å². The highest BCUT2D eigenvalue weighted by Crippen LogP contribution is 2.77. The van der Waals surface area contributed by atoms with Gasteiger partial charge in [0, 0.05) is 48.0 Å². The number of carboxylic acid groups (broad SMARTS) is 1. The normalized spacial score (nSPS) is 34.8. The Hall–Kier alpha value is -3.39. The molecular formula is C39H44N2O5. The molecule has 46 heavy (non-hydrogen) atoms. The van der Waals surface area contributed by atoms with Crippen molar-refractivity contribution in [1.82, 2.24) is 10.2 Å². The molecule has 4 saturated carbocycles. The number of benzene rings is 3. The van der Waals surface area contributed by atoms with Gasteiger partial charge in [0.1, 0.15) is 17.7 Å². The van der Waals surface area contributed by atoms with Crippen molar-refractivity contribution in [2.24, 2.45) is 17.3 Å². The highest BCUT2D eigenvalue weighted by molar-refractivity contribution is 5.75. The van der Waals surface area contributed by atoms with E-state index < -0.39 is 17.6 Å². The third-order valence-electron chi connectivity index (χ3n) is 13.2. The fourth-order valence-corrected chi connectivity index (χ4v) is 11.2. The van der Waals surface area contributed by atoms with Crippen LogP contribution in [-0.2, 0) is 21.4 Å². The minimum Gasteiger partial charge on any atom is -0.493 e. The smallest absolute Gasteiger partial charge is 0.325 e. The first-order chi connectivity index (χ1) is 22.5. The quantitative estimate of drug-likeness (QED) is 0.285. The lowest BCUT2D eigenvalue weighted by molar-refractivity contribution is -0.282. The Kier molecular flexibility index (Phi) is 6.45. The fourth-order valence-electron chi connectivity index (χ4n) is 11.2. The lowest BCUT2D eigenvalue weighted by atomic mass is 9.34. The number of rotatable bonds is 10. The number of nitrogens with one attached hydrogen (secondary N) is 1. The Morgan fingerprint density at radius 2 is 1.74 bits per heavy atom. The van der Waals surface area contributed by atoms with Crippen LogP contribution < -0.4 is 14.8 Å². The van der Waals surface area contributed by atoms with Crippen LogP contribution >= 0.6 is 0 Å². The zero-order valence-electron chi connectivity index (χ0n) is 26.8. The summed E-state index contributed by atoms with van der Waals surface area (Å²) in [6.45, 7) is 2.26. The average molecular weight is 621 g/mol. The molecule has 2 aliphatic heterocycles. The van der Waals surface area contributed by atoms with Crippen molar-refractivity contribution >= 4 is 5.97 Å². The molecule has 2 spiro atoms. The van der Waals surface area contributed by atoms with Gasteiger partial charge in [-0.15, -0.1) is 0 Å². The average Bonchev–Trinajstić information content (AvgIpc) is 3.83. The van der Waals surface area contributed by atoms with Crippen LogP contribution in [0.3, 0.4) is 0 Å². The molecule has 10 rings (SSSR count). The van der Waals surface area contributed by atoms with Gasteiger partial charge in [-0.25, -0.2) is 0 Å². The van der Waals surface area contributed by atoms with Crippen molar-refractivity contribution in [3.63, 3.8) is 0 Å². The molecule has 1 saturated heterocycles. The number of fused-ring (bicyclic) bond motifs is 2. The standard InChI is InChI=1S/C39H44N2O5/c1-44-29-16-15-27-21-30-37-17-18-39(45-2,36-38(37,31(27)34(29)46-36)19-20-41(30)23-24-13-14-24)28(22-37)32(25-9-5-3-6-10-25)40-33(35(42)43)26-11-7-4-8-12-26/h3-12,15-16,24,28,30,32-33,36,40H,13-14,17-23H2,1-2H3,(H,42,43)/t28-,30-,32?,33?,36-,37-,38?,39-/m1/s1. The van der Waals surface area contributed by atoms with E-state index in [1.807, 2.05) is 43.5 Å². The number of likely N-dealkylation sites (tertiary alicyclic amines) is 1. The van der Waals surface area contributed by atoms with Crippen molar-refractivity contribution in [3.05, 3.63) is 95.1 Å². The molecule has 7 heteroatoms. The van der Waals surface area contributed by atoms with Gasteiger partial charge in [-0.05, 0) is 80.2 Å². The Morgan fingerprint density at radius 1 is 1.00 bits per heavy atom. The second-order valence-electron chi connectivity index (χ2n) is 14.9. The number of carboxylic acids is 1. The lowest BCUT2D eigenvalue weighted by Crippen LogP contribution is -2.81. The van der Waals surface area contributed by atoms with E-state index in [1.165, 1.54) is 30.5 Å². The van der Waals surface area contributed by atoms with Crippen molar-refractivity contribution < 1.29 is 24.1 Å². The molecule has 0 radical (unpaired) electrons. The van der Waals surface area contributed by atoms with Gasteiger partial charge >= 0.3 is 5.97 Å². The number of aliphatic carboxylic acids is 1. The maximum absolute atomic E-state index is 13.0. The van der Waals surface area contributed by atoms with E-state index in [1.54, 1.807) is 7.11 Å². The molecule has 7 nitrogen and oxygen atoms in total. The maximum atomic E-state index is 13.0. The fraction of sp³-hybridized carbons (Fsp3) is 0.513. The topological polar surface area (TPSA) is 80.3 Å². The molecule has 240 valence electrons. The number of methoxy groups -OCH3 is 2. The van der Waals surface area contributed by atoms with Gasteiger partial charge in [0.25, 0.3) is 0 Å². The van der Waals surface area contributed by atoms with E-state index in [0.29, 0.717) is 6.04 Å². The van der Waals surface area contributed by atoms with E-state index >= 15 is 0 Å². The first-order valence-electron chi connectivity index (χ1n) is 17.2. The van der Waals surface area contributed by atoms with Crippen molar-refractivity contribution in [2.75, 3.05) is 27.3 Å². The van der Waals surface area contributed by atoms with Crippen LogP contribution in [0.4, 0.5) is 0 Å². The van der Waals surface area contributed by atoms with E-state index in [2.05, 4.69) is 46.6 Å². The summed E-state index contributed by atoms with van der Waals surface area (Å²) in [6, 6.07) is 23.7. The van der Waals surface area contributed by atoms with Gasteiger partial charge in [-0.1, -0.05) is 66.7 Å². The SMILES string of the molecule is COc1ccc2c3c1O[C@@H]1C34CCN(CC3CC3)[C@H](C2)[C@]42CC[C@@]1(OC)[C@@H](C(NC(C(=O)O)c1ccccc1)c1ccccc1)C2. The minimum atomic E-state index is -0.877. The minimum absolute atomic E-state index is 0.0115. The molecule has 3 aromatic rings. The van der Waals surface area contributed by atoms with Crippen LogP contribution in [0.15, 0.2) is 72.8 Å². The van der Waals surface area contributed by atoms with Crippen LogP contribution in [0, 0.1) is 17.3 Å². The van der Waals surface area contributed by atoms with Crippen LogP contribution in [0.5, 0.6) is 11.5 Å². The lowest BCUT2D eigenvalue weighted by Gasteiger charge is -2.74. The summed E-state index contributed by atoms with van der Waals surface area (Å²) in [6.07, 6.45) is 7.51. The summed E-state index contributed by atoms with van der Waals surface area (Å²) < 4.78 is 20.1. The summed E-state index contributed by atoms with van der Waals surface area (Å²) in [4.78, 5) is 15.8. The number of hydrogen-bond donors (Lipinski definition) is 2. The third-order valence-corrected chi connectivity index (χ3v) is 13.2. The molecular weight excluding hydrogens is 576 g/mol. The summed E-state index contributed by atoms with van der Waals surface area (Å²) in [5, 5.41) is 14.3. The molecule has 5 fully saturated rings. The van der Waals surface area contributed by atoms with Crippen LogP contribution in [-0.4, -0.2) is 61.0 Å². The Morgan fingerprint density at radius 3 is 2.41 bits per heavy atom. The second kappa shape index (κ2) is 10.3. The molecule has 7 aliphatic rings. The molecule has 2 heterocycles. The molecule has 3 aromatic carbocycles. The predicted octanol–water partition coefficient (Wildman–Crippen LogP) is 6.08. The monoisotopic (exact) mass is 620 g/mol. The first kappa shape index (κ1) is 28.8. The Bertz CT molecular complexity index is 1660. The third kappa shape index (κ3) is 3.73. The van der Waals surface area contributed by atoms with E-state index in [-0.39, 0.29) is 28.9 Å². The zero-order valence-corrected chi connectivity index (χ0v) is 26.8. The second-order valence-corrected chi connectivity index (χ2v) is 14.9. The van der Waals surface area contributed by atoms with Crippen molar-refractivity contribution in [2.45, 2.75) is 80.2 Å². The number of carbonyl (C=O) groups is 1. The van der Waals surface area contributed by atoms with Gasteiger partial charge < -0.3 is 19.3 Å². The molecule has 8 atom stereocenters. The van der Waals surface area contributed by atoms with Gasteiger partial charge in [-0.3, -0.25) is 15.0 Å². The van der Waals surface area contributed by atoms with Gasteiger partial charge in [0.15, 0.2) is 11.5 Å². The summed E-state index contributed by atoms with van der Waals surface area (Å²) in [5.74, 6) is 1.66. The summed E-state index contributed by atoms with van der Waals surface area (Å²) in [5.41, 5.74) is 3.86. The maximum Gasteiger partial charge on any atom is 0.325 e. The molecule has 0 amide bonds. The van der Waals surface area contributed by atoms with E-state index in [9.17, 15) is 9.90 Å². The molecule has 4 bridgehead atoms. The van der Waals surface area contributed by atoms with Gasteiger partial charge in [0.2, 0.25) is 0 Å². The highest BCUT2D eigenvalue weighted by Gasteiger charge is 2.81. The number of piperidine rings is 1. The largest absolute Gasteiger partial charge is 0.493 e. The number of nitrogens with zero attached hydrogens (tertiary/aromatic N) is 1. The van der Waals surface area contributed by atoms with Gasteiger partial charge in [0.05, 0.1) is 7.11 Å². The van der Waals surface area contributed by atoms with E-state index in [0.717, 1.165) is 67.2 Å². The zero-order chi connectivity index (χ0) is 31.3. The molecule has 5 aliphatic carbocycles. The first-order valence-corrected chi connectivity index (χ1v) is 17.2. The summed E-state index contributed by atoms with van der Waals surface area (Å²) >= 11 is 0. The van der Waals surface area contributed by atoms with Crippen molar-refractivity contribution in [3.8, 4) is 11.5 Å². The molecule has 2 N–H and O–H groups in total. The predicted molar refractivity (Wildman–Crippen MR) is 174 cm³/mol. The highest BCUT2D eigenvalue weighted by atomic mass is 16.6. The number of hydrogen-bond acceptors (Lipinski definition) is 6. The van der Waals surface area contributed by atoms with Crippen LogP contribution in [0.25, 0.3) is 0 Å². The molecule has 0 aromatic heterocycles. The number of ether oxygens (including phenoxy) is 3. The van der Waals surface area contributed by atoms with Crippen molar-refractivity contribution in [1.29, 1.82) is 0 Å². The summed E-state index contributed by atoms with van der Waals surface area (Å²) in [7, 11) is 3.61. The Balaban J connectivity index is 1.23. The Labute approximate surface area is 271 Å². The van der Waals surface area contributed by atoms with E-state index in [4.69, 9.17) is 14.2 Å². The van der Waals surface area contributed by atoms with Crippen LogP contribution in [0.2, 0.25) is 0 Å².